The molecule has 288 valence electrons. The van der Waals surface area contributed by atoms with Crippen molar-refractivity contribution in [1.29, 1.82) is 0 Å². The first-order valence-corrected chi connectivity index (χ1v) is 21.6. The number of para-hydroxylation sites is 1. The first-order chi connectivity index (χ1) is 28.9. The van der Waals surface area contributed by atoms with Crippen molar-refractivity contribution in [3.05, 3.63) is 168 Å². The van der Waals surface area contributed by atoms with E-state index in [2.05, 4.69) is 177 Å². The van der Waals surface area contributed by atoms with Crippen molar-refractivity contribution in [3.63, 3.8) is 0 Å². The largest absolute Gasteiger partial charge is 0.456 e. The van der Waals surface area contributed by atoms with E-state index in [0.29, 0.717) is 5.92 Å². The van der Waals surface area contributed by atoms with Crippen LogP contribution in [0.1, 0.15) is 70.4 Å². The maximum atomic E-state index is 7.19. The molecule has 0 spiro atoms. The summed E-state index contributed by atoms with van der Waals surface area (Å²) in [4.78, 5) is 2.65. The highest BCUT2D eigenvalue weighted by molar-refractivity contribution is 6.25. The third-order valence-electron chi connectivity index (χ3n) is 14.2. The van der Waals surface area contributed by atoms with Gasteiger partial charge >= 0.3 is 0 Å². The molecule has 1 fully saturated rings. The number of hydrogen-bond acceptors (Lipinski definition) is 3. The Morgan fingerprint density at radius 1 is 0.593 bits per heavy atom. The molecule has 3 nitrogen and oxygen atoms in total. The van der Waals surface area contributed by atoms with Crippen LogP contribution in [0.5, 0.6) is 0 Å². The van der Waals surface area contributed by atoms with Gasteiger partial charge in [-0.15, -0.1) is 0 Å². The number of allylic oxidation sites excluding steroid dienone is 2. The first-order valence-electron chi connectivity index (χ1n) is 21.6. The van der Waals surface area contributed by atoms with Gasteiger partial charge in [-0.05, 0) is 113 Å². The van der Waals surface area contributed by atoms with Crippen LogP contribution in [0.2, 0.25) is 0 Å². The van der Waals surface area contributed by atoms with Gasteiger partial charge in [0.1, 0.15) is 22.3 Å². The summed E-state index contributed by atoms with van der Waals surface area (Å²) < 4.78 is 14.0. The van der Waals surface area contributed by atoms with Crippen molar-refractivity contribution >= 4 is 66.0 Å². The van der Waals surface area contributed by atoms with Crippen molar-refractivity contribution in [2.75, 3.05) is 4.90 Å². The van der Waals surface area contributed by atoms with E-state index in [4.69, 9.17) is 8.83 Å². The van der Waals surface area contributed by atoms with Gasteiger partial charge in [0.2, 0.25) is 0 Å². The summed E-state index contributed by atoms with van der Waals surface area (Å²) in [6.07, 6.45) is 14.8. The summed E-state index contributed by atoms with van der Waals surface area (Å²) >= 11 is 0. The van der Waals surface area contributed by atoms with E-state index in [1.54, 1.807) is 5.57 Å². The second kappa shape index (κ2) is 12.8. The summed E-state index contributed by atoms with van der Waals surface area (Å²) in [7, 11) is 0. The summed E-state index contributed by atoms with van der Waals surface area (Å²) in [6, 6.07) is 48.9. The molecule has 12 rings (SSSR count). The molecule has 1 unspecified atom stereocenters. The van der Waals surface area contributed by atoms with Crippen LogP contribution < -0.4 is 4.90 Å². The van der Waals surface area contributed by atoms with Crippen molar-refractivity contribution in [2.45, 2.75) is 70.3 Å². The molecule has 9 aromatic rings. The lowest BCUT2D eigenvalue weighted by molar-refractivity contribution is 0.379. The van der Waals surface area contributed by atoms with Gasteiger partial charge in [-0.2, -0.15) is 0 Å². The molecule has 7 aromatic carbocycles. The molecule has 0 radical (unpaired) electrons. The van der Waals surface area contributed by atoms with Crippen molar-refractivity contribution in [1.82, 2.24) is 0 Å². The molecule has 3 aliphatic rings. The van der Waals surface area contributed by atoms with Crippen LogP contribution in [0.4, 0.5) is 11.4 Å². The van der Waals surface area contributed by atoms with Gasteiger partial charge < -0.3 is 13.7 Å². The van der Waals surface area contributed by atoms with Crippen LogP contribution >= 0.6 is 0 Å². The Hall–Kier alpha value is -6.32. The van der Waals surface area contributed by atoms with E-state index in [0.717, 1.165) is 67.1 Å². The second-order valence-corrected chi connectivity index (χ2v) is 18.1. The molecule has 1 atom stereocenters. The molecule has 0 saturated heterocycles. The standard InChI is InChI=1S/C56H47NO2/c1-55(2)45-22-11-9-20-41(45)42-29-28-40(32-46(42)55)57(56(3)30-14-19-39(34-56)35-15-5-4-6-16-35)47-23-13-25-49-52(47)44-33-50-53(43-21-10-12-24-48(43)58-50)51(54(44)59-49)38-27-26-36-17-7-8-18-37(36)31-38/h7-14,17-33,35H,4-6,15-16,34H2,1-3H3. The lowest BCUT2D eigenvalue weighted by atomic mass is 9.75. The van der Waals surface area contributed by atoms with Crippen LogP contribution in [0, 0.1) is 5.92 Å². The number of hydrogen-bond donors (Lipinski definition) is 0. The average molecular weight is 766 g/mol. The van der Waals surface area contributed by atoms with Gasteiger partial charge in [-0.3, -0.25) is 0 Å². The Morgan fingerprint density at radius 2 is 1.37 bits per heavy atom. The summed E-state index contributed by atoms with van der Waals surface area (Å²) in [6.45, 7) is 7.22. The predicted molar refractivity (Wildman–Crippen MR) is 247 cm³/mol. The highest BCUT2D eigenvalue weighted by atomic mass is 16.3. The van der Waals surface area contributed by atoms with Crippen LogP contribution in [0.25, 0.3) is 76.9 Å². The van der Waals surface area contributed by atoms with Crippen LogP contribution in [-0.2, 0) is 5.41 Å². The fraction of sp³-hybridized carbons (Fsp3) is 0.214. The predicted octanol–water partition coefficient (Wildman–Crippen LogP) is 16.0. The first kappa shape index (κ1) is 34.7. The minimum atomic E-state index is -0.339. The number of fused-ring (bicyclic) bond motifs is 10. The minimum absolute atomic E-state index is 0.125. The highest BCUT2D eigenvalue weighted by Gasteiger charge is 2.40. The topological polar surface area (TPSA) is 29.5 Å². The molecule has 2 aromatic heterocycles. The molecule has 3 aliphatic carbocycles. The zero-order chi connectivity index (χ0) is 39.5. The molecule has 0 aliphatic heterocycles. The molecule has 0 N–H and O–H groups in total. The van der Waals surface area contributed by atoms with E-state index >= 15 is 0 Å². The summed E-state index contributed by atoms with van der Waals surface area (Å²) in [5.41, 5.74) is 14.6. The van der Waals surface area contributed by atoms with E-state index in [1.165, 1.54) is 70.8 Å². The lowest BCUT2D eigenvalue weighted by Crippen LogP contribution is -2.44. The molecule has 2 heterocycles. The average Bonchev–Trinajstić information content (AvgIpc) is 3.90. The SMILES string of the molecule is CC1(C)c2ccccc2-c2ccc(N(c3cccc4oc5c(-c6ccc7ccccc7c6)c6c(cc5c34)oc3ccccc36)C3(C)C=CC=C(C4CCCCC4)C3)cc21. The van der Waals surface area contributed by atoms with Crippen molar-refractivity contribution in [3.8, 4) is 22.3 Å². The molecule has 0 amide bonds. The Bertz CT molecular complexity index is 3240. The molecule has 59 heavy (non-hydrogen) atoms. The van der Waals surface area contributed by atoms with Crippen LogP contribution in [0.3, 0.4) is 0 Å². The normalized spacial score (nSPS) is 18.9. The lowest BCUT2D eigenvalue weighted by Gasteiger charge is -2.45. The van der Waals surface area contributed by atoms with Gasteiger partial charge in [0.25, 0.3) is 0 Å². The smallest absolute Gasteiger partial charge is 0.144 e. The quantitative estimate of drug-likeness (QED) is 0.175. The summed E-state index contributed by atoms with van der Waals surface area (Å²) in [5, 5.41) is 6.78. The van der Waals surface area contributed by atoms with Gasteiger partial charge in [-0.1, -0.05) is 148 Å². The number of anilines is 2. The van der Waals surface area contributed by atoms with Crippen molar-refractivity contribution < 1.29 is 8.83 Å². The molecule has 1 saturated carbocycles. The molecular formula is C56H47NO2. The van der Waals surface area contributed by atoms with Gasteiger partial charge in [-0.25, -0.2) is 0 Å². The Balaban J connectivity index is 1.13. The van der Waals surface area contributed by atoms with Crippen LogP contribution in [-0.4, -0.2) is 5.54 Å². The minimum Gasteiger partial charge on any atom is -0.456 e. The third-order valence-corrected chi connectivity index (χ3v) is 14.2. The Morgan fingerprint density at radius 3 is 2.27 bits per heavy atom. The Labute approximate surface area is 345 Å². The number of rotatable bonds is 5. The zero-order valence-electron chi connectivity index (χ0n) is 34.0. The maximum absolute atomic E-state index is 7.19. The van der Waals surface area contributed by atoms with E-state index in [9.17, 15) is 0 Å². The van der Waals surface area contributed by atoms with E-state index in [1.807, 2.05) is 0 Å². The van der Waals surface area contributed by atoms with Gasteiger partial charge in [0.15, 0.2) is 0 Å². The zero-order valence-corrected chi connectivity index (χ0v) is 34.0. The fourth-order valence-corrected chi connectivity index (χ4v) is 11.3. The van der Waals surface area contributed by atoms with E-state index in [-0.39, 0.29) is 11.0 Å². The molecule has 3 heteroatoms. The third kappa shape index (κ3) is 5.20. The second-order valence-electron chi connectivity index (χ2n) is 18.1. The fourth-order valence-electron chi connectivity index (χ4n) is 11.3. The Kier molecular flexibility index (Phi) is 7.55. The highest BCUT2D eigenvalue weighted by Crippen LogP contribution is 2.54. The van der Waals surface area contributed by atoms with E-state index < -0.39 is 0 Å². The van der Waals surface area contributed by atoms with Gasteiger partial charge in [0.05, 0.1) is 16.6 Å². The maximum Gasteiger partial charge on any atom is 0.144 e. The number of benzene rings is 7. The molecule has 0 bridgehead atoms. The van der Waals surface area contributed by atoms with Crippen molar-refractivity contribution in [2.24, 2.45) is 5.92 Å². The van der Waals surface area contributed by atoms with Gasteiger partial charge in [0, 0.05) is 32.8 Å². The number of nitrogens with zero attached hydrogens (tertiary/aromatic N) is 1. The van der Waals surface area contributed by atoms with Crippen LogP contribution in [0.15, 0.2) is 166 Å². The number of furan rings is 2. The summed E-state index contributed by atoms with van der Waals surface area (Å²) in [5.74, 6) is 0.639. The monoisotopic (exact) mass is 765 g/mol. The molecular weight excluding hydrogens is 719 g/mol.